The molecule has 0 heterocycles. The monoisotopic (exact) mass is 486 g/mol. The van der Waals surface area contributed by atoms with E-state index in [2.05, 4.69) is 19.9 Å². The molecule has 0 bridgehead atoms. The van der Waals surface area contributed by atoms with Gasteiger partial charge in [0.1, 0.15) is 0 Å². The molecular weight excluding hydrogens is 440 g/mol. The minimum atomic E-state index is -0.668. The fourth-order valence-electron chi connectivity index (χ4n) is 10.0. The van der Waals surface area contributed by atoms with Crippen molar-refractivity contribution in [2.24, 2.45) is 58.2 Å². The van der Waals surface area contributed by atoms with Gasteiger partial charge < -0.3 is 14.6 Å². The third kappa shape index (κ3) is 3.81. The van der Waals surface area contributed by atoms with E-state index >= 15 is 0 Å². The first-order valence-corrected chi connectivity index (χ1v) is 14.5. The van der Waals surface area contributed by atoms with Crippen LogP contribution in [0.1, 0.15) is 85.5 Å². The lowest BCUT2D eigenvalue weighted by atomic mass is 9.45. The molecule has 0 aromatic rings. The SMILES string of the molecule is CCOC(=O)[C@@H]1[C@@H](C(=O)OCC)[C@@H]2C[C@H]3[C@@H]4CC[C@H]5CCCC[C@]5(C)[C@H]4CC[C@]3(C)C2=C[C@@H]1CO. The summed E-state index contributed by atoms with van der Waals surface area (Å²) >= 11 is 0. The standard InChI is InChI=1S/C30H46O5/c1-5-34-27(32)25-18(17-31)15-23-21(26(25)28(33)35-6-2)16-24-20-11-10-19-9-7-8-13-29(19,3)22(20)12-14-30(23,24)4/h15,18-22,24-26,31H,5-14,16-17H2,1-4H3/t18-,19-,20-,21-,22+,24+,25+,26+,29+,30-/m1/s1. The Morgan fingerprint density at radius 1 is 0.943 bits per heavy atom. The second-order valence-corrected chi connectivity index (χ2v) is 12.7. The molecule has 1 N–H and O–H groups in total. The summed E-state index contributed by atoms with van der Waals surface area (Å²) in [4.78, 5) is 26.5. The van der Waals surface area contributed by atoms with Gasteiger partial charge in [0.05, 0.1) is 31.7 Å². The lowest BCUT2D eigenvalue weighted by Gasteiger charge is -2.60. The quantitative estimate of drug-likeness (QED) is 0.407. The summed E-state index contributed by atoms with van der Waals surface area (Å²) in [7, 11) is 0. The molecule has 0 aliphatic heterocycles. The van der Waals surface area contributed by atoms with Crippen LogP contribution in [0.25, 0.3) is 0 Å². The van der Waals surface area contributed by atoms with Gasteiger partial charge in [-0.3, -0.25) is 9.59 Å². The Labute approximate surface area is 211 Å². The second-order valence-electron chi connectivity index (χ2n) is 12.7. The van der Waals surface area contributed by atoms with Crippen LogP contribution in [0.2, 0.25) is 0 Å². The van der Waals surface area contributed by atoms with Gasteiger partial charge in [-0.15, -0.1) is 0 Å². The molecule has 0 amide bonds. The molecule has 0 unspecified atom stereocenters. The van der Waals surface area contributed by atoms with Crippen molar-refractivity contribution in [2.45, 2.75) is 85.5 Å². The fourth-order valence-corrected chi connectivity index (χ4v) is 10.0. The lowest BCUT2D eigenvalue weighted by molar-refractivity contribution is -0.165. The summed E-state index contributed by atoms with van der Waals surface area (Å²) in [5.41, 5.74) is 1.84. The van der Waals surface area contributed by atoms with Gasteiger partial charge in [0.25, 0.3) is 0 Å². The Bertz CT molecular complexity index is 865. The van der Waals surface area contributed by atoms with E-state index in [0.29, 0.717) is 23.9 Å². The Morgan fingerprint density at radius 2 is 1.66 bits per heavy atom. The molecule has 10 atom stereocenters. The fraction of sp³-hybridized carbons (Fsp3) is 0.867. The predicted octanol–water partition coefficient (Wildman–Crippen LogP) is 5.55. The van der Waals surface area contributed by atoms with E-state index in [9.17, 15) is 14.7 Å². The maximum Gasteiger partial charge on any atom is 0.310 e. The van der Waals surface area contributed by atoms with E-state index in [1.807, 2.05) is 6.92 Å². The van der Waals surface area contributed by atoms with Crippen LogP contribution in [0.15, 0.2) is 11.6 Å². The van der Waals surface area contributed by atoms with Gasteiger partial charge >= 0.3 is 11.9 Å². The van der Waals surface area contributed by atoms with Crippen LogP contribution in [0.3, 0.4) is 0 Å². The molecule has 0 aromatic heterocycles. The normalized spacial score (nSPS) is 46.4. The van der Waals surface area contributed by atoms with Crippen LogP contribution < -0.4 is 0 Å². The number of ether oxygens (including phenoxy) is 2. The first-order chi connectivity index (χ1) is 16.8. The zero-order valence-corrected chi connectivity index (χ0v) is 22.3. The molecule has 196 valence electrons. The molecule has 4 saturated carbocycles. The van der Waals surface area contributed by atoms with Gasteiger partial charge in [0, 0.05) is 5.92 Å². The number of fused-ring (bicyclic) bond motifs is 7. The summed E-state index contributed by atoms with van der Waals surface area (Å²) in [6, 6.07) is 0. The molecule has 5 aliphatic rings. The highest BCUT2D eigenvalue weighted by atomic mass is 16.5. The van der Waals surface area contributed by atoms with Crippen molar-refractivity contribution in [2.75, 3.05) is 19.8 Å². The van der Waals surface area contributed by atoms with Crippen molar-refractivity contribution in [3.8, 4) is 0 Å². The van der Waals surface area contributed by atoms with Gasteiger partial charge in [-0.1, -0.05) is 38.3 Å². The highest BCUT2D eigenvalue weighted by Crippen LogP contribution is 2.70. The summed E-state index contributed by atoms with van der Waals surface area (Å²) in [6.07, 6.45) is 13.8. The summed E-state index contributed by atoms with van der Waals surface area (Å²) in [5, 5.41) is 10.4. The van der Waals surface area contributed by atoms with E-state index in [-0.39, 0.29) is 36.5 Å². The number of carbonyl (C=O) groups is 2. The Balaban J connectivity index is 1.52. The summed E-state index contributed by atoms with van der Waals surface area (Å²) in [6.45, 7) is 9.06. The van der Waals surface area contributed by atoms with Crippen LogP contribution in [0.5, 0.6) is 0 Å². The molecule has 5 heteroatoms. The van der Waals surface area contributed by atoms with Gasteiger partial charge in [0.2, 0.25) is 0 Å². The number of esters is 2. The topological polar surface area (TPSA) is 72.8 Å². The van der Waals surface area contributed by atoms with Crippen molar-refractivity contribution in [1.82, 2.24) is 0 Å². The summed E-state index contributed by atoms with van der Waals surface area (Å²) < 4.78 is 11.0. The molecule has 0 spiro atoms. The van der Waals surface area contributed by atoms with E-state index in [1.165, 1.54) is 50.5 Å². The minimum Gasteiger partial charge on any atom is -0.466 e. The van der Waals surface area contributed by atoms with Crippen LogP contribution in [0, 0.1) is 58.2 Å². The van der Waals surface area contributed by atoms with E-state index in [4.69, 9.17) is 9.47 Å². The van der Waals surface area contributed by atoms with Crippen molar-refractivity contribution in [3.05, 3.63) is 11.6 Å². The third-order valence-electron chi connectivity index (χ3n) is 11.5. The van der Waals surface area contributed by atoms with E-state index in [0.717, 1.165) is 24.7 Å². The van der Waals surface area contributed by atoms with Crippen molar-refractivity contribution < 1.29 is 24.2 Å². The number of carbonyl (C=O) groups excluding carboxylic acids is 2. The molecule has 5 nitrogen and oxygen atoms in total. The molecule has 0 aromatic carbocycles. The average Bonchev–Trinajstić information content (AvgIpc) is 3.14. The maximum atomic E-state index is 13.4. The molecule has 5 aliphatic carbocycles. The lowest BCUT2D eigenvalue weighted by Crippen LogP contribution is -2.52. The summed E-state index contributed by atoms with van der Waals surface area (Å²) in [5.74, 6) is 0.610. The van der Waals surface area contributed by atoms with Gasteiger partial charge in [-0.05, 0) is 99.2 Å². The van der Waals surface area contributed by atoms with Crippen LogP contribution >= 0.6 is 0 Å². The molecular formula is C30H46O5. The Morgan fingerprint density at radius 3 is 2.34 bits per heavy atom. The Kier molecular flexibility index (Phi) is 6.87. The van der Waals surface area contributed by atoms with Crippen LogP contribution in [-0.4, -0.2) is 36.9 Å². The number of hydrogen-bond donors (Lipinski definition) is 1. The smallest absolute Gasteiger partial charge is 0.310 e. The zero-order valence-electron chi connectivity index (χ0n) is 22.3. The van der Waals surface area contributed by atoms with E-state index in [1.54, 1.807) is 6.92 Å². The van der Waals surface area contributed by atoms with Crippen molar-refractivity contribution >= 4 is 11.9 Å². The first-order valence-electron chi connectivity index (χ1n) is 14.5. The van der Waals surface area contributed by atoms with Crippen LogP contribution in [-0.2, 0) is 19.1 Å². The largest absolute Gasteiger partial charge is 0.466 e. The highest BCUT2D eigenvalue weighted by Gasteiger charge is 2.64. The zero-order chi connectivity index (χ0) is 25.0. The maximum absolute atomic E-state index is 13.4. The van der Waals surface area contributed by atoms with Gasteiger partial charge in [-0.2, -0.15) is 0 Å². The minimum absolute atomic E-state index is 0.0110. The number of rotatable bonds is 5. The van der Waals surface area contributed by atoms with E-state index < -0.39 is 17.8 Å². The third-order valence-corrected chi connectivity index (χ3v) is 11.5. The second kappa shape index (κ2) is 9.50. The number of aliphatic hydroxyl groups excluding tert-OH is 1. The van der Waals surface area contributed by atoms with Gasteiger partial charge in [-0.25, -0.2) is 0 Å². The van der Waals surface area contributed by atoms with Crippen LogP contribution in [0.4, 0.5) is 0 Å². The number of hydrogen-bond acceptors (Lipinski definition) is 5. The molecule has 0 radical (unpaired) electrons. The Hall–Kier alpha value is -1.36. The number of aliphatic hydroxyl groups is 1. The molecule has 0 saturated heterocycles. The van der Waals surface area contributed by atoms with Crippen molar-refractivity contribution in [1.29, 1.82) is 0 Å². The first kappa shape index (κ1) is 25.3. The highest BCUT2D eigenvalue weighted by molar-refractivity contribution is 5.84. The molecule has 5 rings (SSSR count). The van der Waals surface area contributed by atoms with Crippen molar-refractivity contribution in [3.63, 3.8) is 0 Å². The molecule has 35 heavy (non-hydrogen) atoms. The predicted molar refractivity (Wildman–Crippen MR) is 134 cm³/mol. The van der Waals surface area contributed by atoms with Gasteiger partial charge in [0.15, 0.2) is 0 Å². The average molecular weight is 487 g/mol. The molecule has 4 fully saturated rings. The number of allylic oxidation sites excluding steroid dienone is 1.